The van der Waals surface area contributed by atoms with Crippen molar-refractivity contribution in [3.63, 3.8) is 0 Å². The normalized spacial score (nSPS) is 14.0. The zero-order valence-electron chi connectivity index (χ0n) is 23.4. The van der Waals surface area contributed by atoms with Gasteiger partial charge in [-0.1, -0.05) is 54.6 Å². The summed E-state index contributed by atoms with van der Waals surface area (Å²) in [7, 11) is -4.19. The van der Waals surface area contributed by atoms with Crippen molar-refractivity contribution in [1.82, 2.24) is 19.1 Å². The summed E-state index contributed by atoms with van der Waals surface area (Å²) in [5.41, 5.74) is -1.48. The van der Waals surface area contributed by atoms with Crippen molar-refractivity contribution < 1.29 is 39.6 Å². The lowest BCUT2D eigenvalue weighted by atomic mass is 10.0. The summed E-state index contributed by atoms with van der Waals surface area (Å²) in [5, 5.41) is 4.01. The summed E-state index contributed by atoms with van der Waals surface area (Å²) in [5.74, 6) is -1.04. The number of carbonyl (C=O) groups excluding carboxylic acids is 1. The number of amides is 1. The molecule has 1 aliphatic rings. The molecule has 0 radical (unpaired) electrons. The van der Waals surface area contributed by atoms with Crippen LogP contribution < -0.4 is 10.4 Å². The third-order valence-electron chi connectivity index (χ3n) is 7.20. The van der Waals surface area contributed by atoms with Crippen LogP contribution >= 0.6 is 0 Å². The van der Waals surface area contributed by atoms with Crippen molar-refractivity contribution in [2.75, 3.05) is 0 Å². The van der Waals surface area contributed by atoms with Crippen LogP contribution in [0.4, 0.5) is 26.3 Å². The predicted octanol–water partition coefficient (Wildman–Crippen LogP) is 5.87. The Hall–Kier alpha value is -4.40. The fourth-order valence-corrected chi connectivity index (χ4v) is 6.09. The molecule has 1 heterocycles. The molecule has 0 spiro atoms. The van der Waals surface area contributed by atoms with Gasteiger partial charge in [-0.25, -0.2) is 17.9 Å². The molecule has 0 saturated heterocycles. The first-order valence-electron chi connectivity index (χ1n) is 13.8. The molecule has 5 rings (SSSR count). The van der Waals surface area contributed by atoms with Gasteiger partial charge in [0.2, 0.25) is 5.91 Å². The largest absolute Gasteiger partial charge is 0.418 e. The lowest BCUT2D eigenvalue weighted by Gasteiger charge is -2.12. The molecule has 0 bridgehead atoms. The number of nitrogens with one attached hydrogen (secondary N) is 1. The first-order chi connectivity index (χ1) is 21.1. The molecule has 0 unspecified atom stereocenters. The zero-order chi connectivity index (χ0) is 32.6. The number of carbonyl (C=O) groups is 1. The Morgan fingerprint density at radius 1 is 0.911 bits per heavy atom. The minimum absolute atomic E-state index is 0.125. The molecule has 15 heteroatoms. The van der Waals surface area contributed by atoms with Crippen LogP contribution in [0, 0.1) is 5.92 Å². The number of aryl methyl sites for hydroxylation is 1. The molecule has 4 aromatic rings. The van der Waals surface area contributed by atoms with E-state index in [-0.39, 0.29) is 29.6 Å². The maximum absolute atomic E-state index is 13.7. The molecule has 1 N–H and O–H groups in total. The van der Waals surface area contributed by atoms with Crippen LogP contribution in [-0.2, 0) is 34.0 Å². The number of alkyl halides is 6. The van der Waals surface area contributed by atoms with E-state index in [2.05, 4.69) is 9.82 Å². The first kappa shape index (κ1) is 32.0. The summed E-state index contributed by atoms with van der Waals surface area (Å²) in [6.07, 6.45) is -10.0. The Morgan fingerprint density at radius 2 is 1.56 bits per heavy atom. The standard InChI is InChI=1S/C30H26F6N4O4S/c31-29(32,33)17-5-10-26-37-40(24-8-3-2-7-23(24)30(34,35)36)28(42)39(26)18-19-11-13-20(14-12-19)22-6-1-4-9-25(22)45(43,44)38-27(41)21-15-16-21/h1-4,6-9,11-14,21H,5,10,15-18H2,(H,38,41). The Balaban J connectivity index is 1.47. The van der Waals surface area contributed by atoms with Crippen molar-refractivity contribution in [3.8, 4) is 16.8 Å². The third kappa shape index (κ3) is 7.47. The highest BCUT2D eigenvalue weighted by atomic mass is 32.2. The summed E-state index contributed by atoms with van der Waals surface area (Å²) in [6.45, 7) is -0.230. The highest BCUT2D eigenvalue weighted by molar-refractivity contribution is 7.90. The van der Waals surface area contributed by atoms with Gasteiger partial charge >= 0.3 is 18.0 Å². The van der Waals surface area contributed by atoms with Gasteiger partial charge in [0.15, 0.2) is 0 Å². The molecule has 1 saturated carbocycles. The van der Waals surface area contributed by atoms with Gasteiger partial charge < -0.3 is 0 Å². The van der Waals surface area contributed by atoms with E-state index in [1.165, 1.54) is 18.2 Å². The molecule has 1 aliphatic carbocycles. The Labute approximate surface area is 253 Å². The maximum atomic E-state index is 13.7. The fourth-order valence-electron chi connectivity index (χ4n) is 4.81. The van der Waals surface area contributed by atoms with E-state index in [4.69, 9.17) is 0 Å². The molecule has 1 amide bonds. The minimum Gasteiger partial charge on any atom is -0.274 e. The Morgan fingerprint density at radius 3 is 2.20 bits per heavy atom. The highest BCUT2D eigenvalue weighted by Gasteiger charge is 2.35. The highest BCUT2D eigenvalue weighted by Crippen LogP contribution is 2.34. The van der Waals surface area contributed by atoms with Gasteiger partial charge in [-0.3, -0.25) is 9.36 Å². The van der Waals surface area contributed by atoms with Gasteiger partial charge in [0, 0.05) is 24.3 Å². The molecule has 0 aliphatic heterocycles. The number of rotatable bonds is 10. The molecule has 3 aromatic carbocycles. The average Bonchev–Trinajstić information content (AvgIpc) is 3.78. The molecular formula is C30H26F6N4O4S. The quantitative estimate of drug-likeness (QED) is 0.216. The van der Waals surface area contributed by atoms with Crippen LogP contribution in [0.3, 0.4) is 0 Å². The molecule has 1 fully saturated rings. The van der Waals surface area contributed by atoms with Gasteiger partial charge in [-0.05, 0) is 48.6 Å². The third-order valence-corrected chi connectivity index (χ3v) is 8.61. The second-order valence-corrected chi connectivity index (χ2v) is 12.3. The van der Waals surface area contributed by atoms with E-state index in [1.54, 1.807) is 36.4 Å². The van der Waals surface area contributed by atoms with Crippen LogP contribution in [0.25, 0.3) is 16.8 Å². The van der Waals surface area contributed by atoms with Gasteiger partial charge in [0.25, 0.3) is 10.0 Å². The summed E-state index contributed by atoms with van der Waals surface area (Å²) >= 11 is 0. The van der Waals surface area contributed by atoms with Crippen molar-refractivity contribution >= 4 is 15.9 Å². The first-order valence-corrected chi connectivity index (χ1v) is 15.3. The van der Waals surface area contributed by atoms with Crippen molar-refractivity contribution in [2.24, 2.45) is 5.92 Å². The van der Waals surface area contributed by atoms with Crippen molar-refractivity contribution in [3.05, 3.63) is 100 Å². The van der Waals surface area contributed by atoms with E-state index in [1.807, 2.05) is 0 Å². The molecule has 0 atom stereocenters. The van der Waals surface area contributed by atoms with E-state index in [9.17, 15) is 44.3 Å². The van der Waals surface area contributed by atoms with E-state index >= 15 is 0 Å². The summed E-state index contributed by atoms with van der Waals surface area (Å²) in [6, 6.07) is 16.5. The van der Waals surface area contributed by atoms with Crippen LogP contribution in [0.5, 0.6) is 0 Å². The average molecular weight is 653 g/mol. The Kier molecular flexibility index (Phi) is 8.66. The zero-order valence-corrected chi connectivity index (χ0v) is 24.2. The fraction of sp³-hybridized carbons (Fsp3) is 0.300. The number of benzene rings is 3. The number of halogens is 6. The van der Waals surface area contributed by atoms with Gasteiger partial charge in [-0.2, -0.15) is 31.0 Å². The number of hydrogen-bond donors (Lipinski definition) is 1. The second-order valence-electron chi connectivity index (χ2n) is 10.6. The van der Waals surface area contributed by atoms with Crippen LogP contribution in [0.2, 0.25) is 0 Å². The van der Waals surface area contributed by atoms with E-state index in [0.29, 0.717) is 34.2 Å². The molecule has 45 heavy (non-hydrogen) atoms. The SMILES string of the molecule is O=C(NS(=O)(=O)c1ccccc1-c1ccc(Cn2c(CCCC(F)(F)F)nn(-c3ccccc3C(F)(F)F)c2=O)cc1)C1CC1. The van der Waals surface area contributed by atoms with Gasteiger partial charge in [0.05, 0.1) is 22.7 Å². The molecule has 238 valence electrons. The lowest BCUT2D eigenvalue weighted by molar-refractivity contribution is -0.137. The van der Waals surface area contributed by atoms with Crippen LogP contribution in [-0.4, -0.2) is 34.8 Å². The summed E-state index contributed by atoms with van der Waals surface area (Å²) < 4.78 is 109. The number of nitrogens with zero attached hydrogens (tertiary/aromatic N) is 3. The predicted molar refractivity (Wildman–Crippen MR) is 151 cm³/mol. The van der Waals surface area contributed by atoms with Gasteiger partial charge in [-0.15, -0.1) is 5.10 Å². The Bertz CT molecular complexity index is 1880. The molecule has 1 aromatic heterocycles. The molecule has 8 nitrogen and oxygen atoms in total. The van der Waals surface area contributed by atoms with E-state index in [0.717, 1.165) is 22.8 Å². The smallest absolute Gasteiger partial charge is 0.274 e. The number of para-hydroxylation sites is 1. The lowest BCUT2D eigenvalue weighted by Crippen LogP contribution is -2.32. The monoisotopic (exact) mass is 652 g/mol. The number of hydrogen-bond acceptors (Lipinski definition) is 5. The number of sulfonamides is 1. The van der Waals surface area contributed by atoms with Gasteiger partial charge in [0.1, 0.15) is 5.82 Å². The maximum Gasteiger partial charge on any atom is 0.418 e. The molecular weight excluding hydrogens is 626 g/mol. The topological polar surface area (TPSA) is 103 Å². The van der Waals surface area contributed by atoms with Crippen molar-refractivity contribution in [1.29, 1.82) is 0 Å². The van der Waals surface area contributed by atoms with E-state index < -0.39 is 58.1 Å². The number of aromatic nitrogens is 3. The van der Waals surface area contributed by atoms with Crippen LogP contribution in [0.15, 0.2) is 82.5 Å². The van der Waals surface area contributed by atoms with Crippen molar-refractivity contribution in [2.45, 2.75) is 55.9 Å². The second kappa shape index (κ2) is 12.2. The summed E-state index contributed by atoms with van der Waals surface area (Å²) in [4.78, 5) is 25.4. The van der Waals surface area contributed by atoms with Crippen LogP contribution in [0.1, 0.15) is 42.6 Å². The minimum atomic E-state index is -4.82.